The molecule has 1 heterocycles. The van der Waals surface area contributed by atoms with Crippen molar-refractivity contribution in [2.24, 2.45) is 5.73 Å². The molecular formula is C6H9N3O. The molecule has 1 rings (SSSR count). The summed E-state index contributed by atoms with van der Waals surface area (Å²) in [5, 5.41) is 0. The van der Waals surface area contributed by atoms with Crippen LogP contribution in [0, 0.1) is 0 Å². The van der Waals surface area contributed by atoms with Crippen LogP contribution in [-0.2, 0) is 0 Å². The second-order valence-corrected chi connectivity index (χ2v) is 1.85. The van der Waals surface area contributed by atoms with Crippen LogP contribution in [0.1, 0.15) is 10.5 Å². The fraction of sp³-hybridized carbons (Fsp3) is 0.167. The van der Waals surface area contributed by atoms with E-state index in [4.69, 9.17) is 5.73 Å². The highest BCUT2D eigenvalue weighted by Gasteiger charge is 2.03. The summed E-state index contributed by atoms with van der Waals surface area (Å²) in [4.78, 5) is 10.6. The highest BCUT2D eigenvalue weighted by molar-refractivity contribution is 5.91. The van der Waals surface area contributed by atoms with Crippen molar-refractivity contribution < 1.29 is 4.79 Å². The van der Waals surface area contributed by atoms with Crippen molar-refractivity contribution in [3.8, 4) is 0 Å². The smallest absolute Gasteiger partial charge is 0.267 e. The fourth-order valence-electron chi connectivity index (χ4n) is 0.777. The summed E-state index contributed by atoms with van der Waals surface area (Å²) in [5.74, 6) is -0.431. The molecule has 10 heavy (non-hydrogen) atoms. The molecule has 1 amide bonds. The molecule has 0 radical (unpaired) electrons. The van der Waals surface area contributed by atoms with Crippen LogP contribution >= 0.6 is 0 Å². The van der Waals surface area contributed by atoms with Gasteiger partial charge in [0, 0.05) is 13.2 Å². The number of nitrogens with one attached hydrogen (secondary N) is 1. The molecule has 0 aromatic carbocycles. The van der Waals surface area contributed by atoms with Crippen molar-refractivity contribution in [3.05, 3.63) is 24.0 Å². The lowest BCUT2D eigenvalue weighted by atomic mass is 10.4. The molecule has 1 aromatic rings. The van der Waals surface area contributed by atoms with Crippen molar-refractivity contribution in [2.75, 3.05) is 12.5 Å². The largest absolute Gasteiger partial charge is 0.364 e. The van der Waals surface area contributed by atoms with Crippen LogP contribution in [0.4, 0.5) is 0 Å². The lowest BCUT2D eigenvalue weighted by Gasteiger charge is -2.02. The predicted octanol–water partition coefficient (Wildman–Crippen LogP) is -0.240. The van der Waals surface area contributed by atoms with Crippen molar-refractivity contribution in [2.45, 2.75) is 0 Å². The van der Waals surface area contributed by atoms with Gasteiger partial charge in [-0.3, -0.25) is 9.47 Å². The summed E-state index contributed by atoms with van der Waals surface area (Å²) in [5.41, 5.74) is 8.27. The molecule has 0 unspecified atom stereocenters. The first-order valence-corrected chi connectivity index (χ1v) is 2.90. The number of carbonyl (C=O) groups excluding carboxylic acids is 1. The summed E-state index contributed by atoms with van der Waals surface area (Å²) >= 11 is 0. The van der Waals surface area contributed by atoms with Gasteiger partial charge < -0.3 is 11.2 Å². The highest BCUT2D eigenvalue weighted by atomic mass is 16.1. The van der Waals surface area contributed by atoms with E-state index in [1.165, 1.54) is 0 Å². The molecule has 0 aliphatic rings. The van der Waals surface area contributed by atoms with Gasteiger partial charge in [-0.1, -0.05) is 0 Å². The third-order valence-electron chi connectivity index (χ3n) is 1.24. The van der Waals surface area contributed by atoms with Crippen LogP contribution in [0.2, 0.25) is 0 Å². The predicted molar refractivity (Wildman–Crippen MR) is 38.2 cm³/mol. The highest BCUT2D eigenvalue weighted by Crippen LogP contribution is 1.96. The van der Waals surface area contributed by atoms with E-state index in [1.807, 2.05) is 0 Å². The van der Waals surface area contributed by atoms with Crippen LogP contribution in [-0.4, -0.2) is 17.6 Å². The third-order valence-corrected chi connectivity index (χ3v) is 1.24. The van der Waals surface area contributed by atoms with Gasteiger partial charge in [0.05, 0.1) is 0 Å². The number of amides is 1. The molecular weight excluding hydrogens is 130 g/mol. The van der Waals surface area contributed by atoms with Gasteiger partial charge in [0.25, 0.3) is 5.91 Å². The molecule has 4 heteroatoms. The number of hydrogen-bond donors (Lipinski definition) is 2. The van der Waals surface area contributed by atoms with Gasteiger partial charge in [-0.15, -0.1) is 0 Å². The quantitative estimate of drug-likeness (QED) is 0.594. The summed E-state index contributed by atoms with van der Waals surface area (Å²) in [6.45, 7) is 0. The maximum atomic E-state index is 10.6. The lowest BCUT2D eigenvalue weighted by Crippen LogP contribution is -2.20. The van der Waals surface area contributed by atoms with Crippen molar-refractivity contribution in [1.29, 1.82) is 0 Å². The van der Waals surface area contributed by atoms with E-state index >= 15 is 0 Å². The number of primary amides is 1. The first-order valence-electron chi connectivity index (χ1n) is 2.90. The van der Waals surface area contributed by atoms with Crippen molar-refractivity contribution in [1.82, 2.24) is 4.68 Å². The molecule has 54 valence electrons. The minimum absolute atomic E-state index is 0.431. The Kier molecular flexibility index (Phi) is 1.62. The second-order valence-electron chi connectivity index (χ2n) is 1.85. The van der Waals surface area contributed by atoms with Gasteiger partial charge in [0.15, 0.2) is 0 Å². The summed E-state index contributed by atoms with van der Waals surface area (Å²) < 4.78 is 1.56. The number of nitrogens with zero attached hydrogens (tertiary/aromatic N) is 1. The molecule has 0 aliphatic carbocycles. The van der Waals surface area contributed by atoms with E-state index in [9.17, 15) is 4.79 Å². The topological polar surface area (TPSA) is 60.1 Å². The molecule has 0 saturated carbocycles. The Hall–Kier alpha value is -1.45. The van der Waals surface area contributed by atoms with E-state index in [-0.39, 0.29) is 0 Å². The maximum Gasteiger partial charge on any atom is 0.267 e. The Morgan fingerprint density at radius 3 is 2.90 bits per heavy atom. The van der Waals surface area contributed by atoms with Gasteiger partial charge >= 0.3 is 0 Å². The fourth-order valence-corrected chi connectivity index (χ4v) is 0.777. The molecule has 0 fully saturated rings. The average molecular weight is 139 g/mol. The Labute approximate surface area is 58.6 Å². The van der Waals surface area contributed by atoms with Crippen LogP contribution in [0.15, 0.2) is 18.3 Å². The molecule has 0 aliphatic heterocycles. The maximum absolute atomic E-state index is 10.6. The van der Waals surface area contributed by atoms with Crippen LogP contribution in [0.25, 0.3) is 0 Å². The molecule has 1 aromatic heterocycles. The van der Waals surface area contributed by atoms with E-state index < -0.39 is 5.91 Å². The zero-order chi connectivity index (χ0) is 7.56. The summed E-state index contributed by atoms with van der Waals surface area (Å²) in [7, 11) is 1.71. The van der Waals surface area contributed by atoms with Crippen LogP contribution in [0.5, 0.6) is 0 Å². The lowest BCUT2D eigenvalue weighted by molar-refractivity contribution is 0.0993. The Morgan fingerprint density at radius 1 is 1.80 bits per heavy atom. The number of nitrogens with two attached hydrogens (primary N) is 1. The monoisotopic (exact) mass is 139 g/mol. The minimum atomic E-state index is -0.431. The van der Waals surface area contributed by atoms with Gasteiger partial charge in [-0.2, -0.15) is 0 Å². The van der Waals surface area contributed by atoms with E-state index in [0.29, 0.717) is 5.69 Å². The standard InChI is InChI=1S/C6H9N3O/c1-8-9-4-2-3-5(9)6(7)10/h2-4,8H,1H3,(H2,7,10). The normalized spacial score (nSPS) is 9.30. The van der Waals surface area contributed by atoms with Crippen LogP contribution < -0.4 is 11.2 Å². The van der Waals surface area contributed by atoms with Crippen molar-refractivity contribution in [3.63, 3.8) is 0 Å². The number of carbonyl (C=O) groups is 1. The van der Waals surface area contributed by atoms with E-state index in [1.54, 1.807) is 30.1 Å². The van der Waals surface area contributed by atoms with Gasteiger partial charge in [0.2, 0.25) is 0 Å². The molecule has 3 N–H and O–H groups in total. The summed E-state index contributed by atoms with van der Waals surface area (Å²) in [6.07, 6.45) is 1.72. The van der Waals surface area contributed by atoms with E-state index in [0.717, 1.165) is 0 Å². The van der Waals surface area contributed by atoms with Gasteiger partial charge in [-0.05, 0) is 12.1 Å². The zero-order valence-electron chi connectivity index (χ0n) is 5.66. The first-order chi connectivity index (χ1) is 4.75. The van der Waals surface area contributed by atoms with Crippen LogP contribution in [0.3, 0.4) is 0 Å². The molecule has 0 saturated heterocycles. The molecule has 4 nitrogen and oxygen atoms in total. The second kappa shape index (κ2) is 2.43. The van der Waals surface area contributed by atoms with Crippen molar-refractivity contribution >= 4 is 5.91 Å². The molecule has 0 bridgehead atoms. The molecule has 0 atom stereocenters. The Balaban J connectivity index is 3.01. The molecule has 0 spiro atoms. The Morgan fingerprint density at radius 2 is 2.50 bits per heavy atom. The number of rotatable bonds is 2. The first kappa shape index (κ1) is 6.67. The average Bonchev–Trinajstić information content (AvgIpc) is 2.33. The number of hydrogen-bond acceptors (Lipinski definition) is 2. The zero-order valence-corrected chi connectivity index (χ0v) is 5.66. The summed E-state index contributed by atoms with van der Waals surface area (Å²) in [6, 6.07) is 3.40. The Bertz CT molecular complexity index is 241. The van der Waals surface area contributed by atoms with Gasteiger partial charge in [0.1, 0.15) is 5.69 Å². The van der Waals surface area contributed by atoms with Gasteiger partial charge in [-0.25, -0.2) is 0 Å². The van der Waals surface area contributed by atoms with E-state index in [2.05, 4.69) is 5.43 Å². The SMILES string of the molecule is CNn1cccc1C(N)=O. The minimum Gasteiger partial charge on any atom is -0.364 e. The third kappa shape index (κ3) is 0.953. The number of aromatic nitrogens is 1.